The maximum atomic E-state index is 5.57. The average molecular weight is 303 g/mol. The summed E-state index contributed by atoms with van der Waals surface area (Å²) in [7, 11) is 2.87. The van der Waals surface area contributed by atoms with Crippen LogP contribution in [0.15, 0.2) is 8.68 Å². The lowest BCUT2D eigenvalue weighted by Crippen LogP contribution is -1.66. The van der Waals surface area contributed by atoms with Gasteiger partial charge in [0.25, 0.3) is 0 Å². The molecule has 2 aromatic heterocycles. The molecule has 4 nitrogen and oxygen atoms in total. The molecule has 0 spiro atoms. The van der Waals surface area contributed by atoms with Crippen molar-refractivity contribution in [2.75, 3.05) is 0 Å². The van der Waals surface area contributed by atoms with Crippen LogP contribution in [-0.4, -0.2) is 18.7 Å². The minimum Gasteiger partial charge on any atom is -0.197 e. The van der Waals surface area contributed by atoms with E-state index in [1.54, 1.807) is 0 Å². The lowest BCUT2D eigenvalue weighted by molar-refractivity contribution is 1.22. The molecule has 74 valence electrons. The van der Waals surface area contributed by atoms with Crippen molar-refractivity contribution in [3.05, 3.63) is 10.6 Å². The first-order valence-electron chi connectivity index (χ1n) is 3.07. The van der Waals surface area contributed by atoms with E-state index in [-0.39, 0.29) is 10.6 Å². The first-order chi connectivity index (χ1) is 6.74. The predicted molar refractivity (Wildman–Crippen MR) is 61.6 cm³/mol. The van der Waals surface area contributed by atoms with E-state index in [0.29, 0.717) is 0 Å². The highest BCUT2D eigenvalue weighted by Crippen LogP contribution is 2.39. The summed E-state index contributed by atoms with van der Waals surface area (Å²) in [6, 6.07) is 0. The van der Waals surface area contributed by atoms with Gasteiger partial charge in [0, 0.05) is 0 Å². The maximum Gasteiger partial charge on any atom is 0.235 e. The van der Waals surface area contributed by atoms with Gasteiger partial charge >= 0.3 is 0 Å². The van der Waals surface area contributed by atoms with Gasteiger partial charge in [-0.3, -0.25) is 0 Å². The van der Waals surface area contributed by atoms with E-state index in [4.69, 9.17) is 23.2 Å². The van der Waals surface area contributed by atoms with Crippen molar-refractivity contribution in [3.8, 4) is 0 Å². The molecule has 0 aliphatic heterocycles. The quantitative estimate of drug-likeness (QED) is 0.809. The standard InChI is InChI=1S/C4Cl2N4S4/c5-1-7-3(11-9-1)13-14-4-8-2(6)10-12-4. The number of aromatic nitrogens is 4. The van der Waals surface area contributed by atoms with Gasteiger partial charge in [0.05, 0.1) is 0 Å². The summed E-state index contributed by atoms with van der Waals surface area (Å²) in [5, 5.41) is 0.543. The van der Waals surface area contributed by atoms with Gasteiger partial charge in [-0.2, -0.15) is 18.7 Å². The van der Waals surface area contributed by atoms with Crippen LogP contribution in [0.4, 0.5) is 0 Å². The molecule has 0 N–H and O–H groups in total. The molecule has 0 saturated heterocycles. The van der Waals surface area contributed by atoms with Gasteiger partial charge in [-0.15, -0.1) is 0 Å². The Hall–Kier alpha value is 0.400. The van der Waals surface area contributed by atoms with Gasteiger partial charge in [-0.1, -0.05) is 0 Å². The Labute approximate surface area is 105 Å². The fourth-order valence-electron chi connectivity index (χ4n) is 0.525. The molecular weight excluding hydrogens is 303 g/mol. The number of hydrogen-bond acceptors (Lipinski definition) is 8. The maximum absolute atomic E-state index is 5.57. The number of rotatable bonds is 3. The van der Waals surface area contributed by atoms with E-state index < -0.39 is 0 Å². The second kappa shape index (κ2) is 4.95. The van der Waals surface area contributed by atoms with Crippen molar-refractivity contribution in [1.29, 1.82) is 0 Å². The summed E-state index contributed by atoms with van der Waals surface area (Å²) in [5.74, 6) is 0. The number of nitrogens with zero attached hydrogens (tertiary/aromatic N) is 4. The SMILES string of the molecule is Clc1nsc(SSc2nc(Cl)ns2)n1. The van der Waals surface area contributed by atoms with Crippen molar-refractivity contribution >= 4 is 67.9 Å². The molecule has 0 bridgehead atoms. The Kier molecular flexibility index (Phi) is 3.86. The van der Waals surface area contributed by atoms with Gasteiger partial charge < -0.3 is 0 Å². The molecule has 2 aromatic rings. The third-order valence-corrected chi connectivity index (χ3v) is 5.84. The molecule has 0 amide bonds. The zero-order chi connectivity index (χ0) is 9.97. The van der Waals surface area contributed by atoms with E-state index in [0.717, 1.165) is 8.68 Å². The van der Waals surface area contributed by atoms with E-state index in [9.17, 15) is 0 Å². The highest BCUT2D eigenvalue weighted by Gasteiger charge is 2.07. The molecule has 0 fully saturated rings. The first-order valence-corrected chi connectivity index (χ1v) is 7.52. The molecule has 0 unspecified atom stereocenters. The third kappa shape index (κ3) is 2.94. The summed E-state index contributed by atoms with van der Waals surface area (Å²) < 4.78 is 9.24. The van der Waals surface area contributed by atoms with Gasteiger partial charge in [0.1, 0.15) is 0 Å². The molecule has 2 heterocycles. The third-order valence-electron chi connectivity index (χ3n) is 0.949. The lowest BCUT2D eigenvalue weighted by Gasteiger charge is -1.88. The minimum absolute atomic E-state index is 0.272. The summed E-state index contributed by atoms with van der Waals surface area (Å²) in [5.41, 5.74) is 0. The number of hydrogen-bond donors (Lipinski definition) is 0. The van der Waals surface area contributed by atoms with Crippen LogP contribution in [0.5, 0.6) is 0 Å². The monoisotopic (exact) mass is 302 g/mol. The fraction of sp³-hybridized carbons (Fsp3) is 0. The molecule has 0 aromatic carbocycles. The first kappa shape index (κ1) is 10.9. The van der Waals surface area contributed by atoms with Crippen LogP contribution >= 0.6 is 67.9 Å². The largest absolute Gasteiger partial charge is 0.235 e. The summed E-state index contributed by atoms with van der Waals surface area (Å²) in [6.45, 7) is 0. The smallest absolute Gasteiger partial charge is 0.197 e. The molecule has 0 aliphatic carbocycles. The minimum atomic E-state index is 0.272. The Morgan fingerprint density at radius 2 is 1.29 bits per heavy atom. The Morgan fingerprint density at radius 1 is 0.857 bits per heavy atom. The molecule has 0 aliphatic rings. The van der Waals surface area contributed by atoms with Crippen molar-refractivity contribution in [2.45, 2.75) is 8.68 Å². The molecule has 0 saturated carbocycles. The highest BCUT2D eigenvalue weighted by atomic mass is 35.5. The van der Waals surface area contributed by atoms with Gasteiger partial charge in [0.15, 0.2) is 8.68 Å². The van der Waals surface area contributed by atoms with E-state index in [1.165, 1.54) is 44.7 Å². The Bertz CT molecular complexity index is 388. The van der Waals surface area contributed by atoms with E-state index in [1.807, 2.05) is 0 Å². The summed E-state index contributed by atoms with van der Waals surface area (Å²) >= 11 is 13.6. The zero-order valence-electron chi connectivity index (χ0n) is 6.18. The van der Waals surface area contributed by atoms with Crippen molar-refractivity contribution < 1.29 is 0 Å². The second-order valence-corrected chi connectivity index (χ2v) is 6.63. The summed E-state index contributed by atoms with van der Waals surface area (Å²) in [6.07, 6.45) is 0. The molecule has 2 rings (SSSR count). The topological polar surface area (TPSA) is 51.6 Å². The fourth-order valence-corrected chi connectivity index (χ4v) is 4.41. The molecule has 0 atom stereocenters. The summed E-state index contributed by atoms with van der Waals surface area (Å²) in [4.78, 5) is 7.94. The predicted octanol–water partition coefficient (Wildman–Crippen LogP) is 3.50. The Morgan fingerprint density at radius 3 is 1.57 bits per heavy atom. The number of halogens is 2. The molecule has 0 radical (unpaired) electrons. The molecule has 14 heavy (non-hydrogen) atoms. The van der Waals surface area contributed by atoms with E-state index >= 15 is 0 Å². The molecular formula is C4Cl2N4S4. The lowest BCUT2D eigenvalue weighted by atomic mass is 11.3. The van der Waals surface area contributed by atoms with Crippen LogP contribution in [0, 0.1) is 0 Å². The zero-order valence-corrected chi connectivity index (χ0v) is 11.0. The normalized spacial score (nSPS) is 10.7. The van der Waals surface area contributed by atoms with Crippen molar-refractivity contribution in [2.24, 2.45) is 0 Å². The highest BCUT2D eigenvalue weighted by molar-refractivity contribution is 8.77. The van der Waals surface area contributed by atoms with Crippen LogP contribution in [0.25, 0.3) is 0 Å². The van der Waals surface area contributed by atoms with Crippen LogP contribution in [0.3, 0.4) is 0 Å². The van der Waals surface area contributed by atoms with Gasteiger partial charge in [0.2, 0.25) is 10.6 Å². The average Bonchev–Trinajstić information content (AvgIpc) is 2.72. The van der Waals surface area contributed by atoms with Gasteiger partial charge in [-0.25, -0.2) is 0 Å². The van der Waals surface area contributed by atoms with E-state index in [2.05, 4.69) is 18.7 Å². The van der Waals surface area contributed by atoms with Crippen LogP contribution in [-0.2, 0) is 0 Å². The Balaban J connectivity index is 1.94. The van der Waals surface area contributed by atoms with Crippen LogP contribution < -0.4 is 0 Å². The van der Waals surface area contributed by atoms with Crippen LogP contribution in [0.2, 0.25) is 10.6 Å². The van der Waals surface area contributed by atoms with Crippen molar-refractivity contribution in [1.82, 2.24) is 18.7 Å². The molecule has 10 heteroatoms. The van der Waals surface area contributed by atoms with Crippen molar-refractivity contribution in [3.63, 3.8) is 0 Å². The second-order valence-electron chi connectivity index (χ2n) is 1.83. The van der Waals surface area contributed by atoms with Gasteiger partial charge in [-0.05, 0) is 67.9 Å². The van der Waals surface area contributed by atoms with Crippen LogP contribution in [0.1, 0.15) is 0 Å².